The maximum atomic E-state index is 13.0. The molecule has 1 aliphatic heterocycles. The Morgan fingerprint density at radius 3 is 2.11 bits per heavy atom. The van der Waals surface area contributed by atoms with E-state index < -0.39 is 36.4 Å². The zero-order valence-corrected chi connectivity index (χ0v) is 14.5. The Bertz CT molecular complexity index is 759. The maximum Gasteiger partial charge on any atom is 0.416 e. The van der Waals surface area contributed by atoms with Crippen molar-refractivity contribution in [2.24, 2.45) is 0 Å². The summed E-state index contributed by atoms with van der Waals surface area (Å²) in [5.41, 5.74) is -2.14. The van der Waals surface area contributed by atoms with Crippen LogP contribution in [0.15, 0.2) is 48.5 Å². The third-order valence-electron chi connectivity index (χ3n) is 4.24. The average Bonchev–Trinajstić information content (AvgIpc) is 2.66. The molecule has 0 aliphatic carbocycles. The van der Waals surface area contributed by atoms with Crippen molar-refractivity contribution in [1.82, 2.24) is 5.32 Å². The normalized spacial score (nSPS) is 20.9. The monoisotopic (exact) mass is 405 g/mol. The highest BCUT2D eigenvalue weighted by Crippen LogP contribution is 2.36. The van der Waals surface area contributed by atoms with Gasteiger partial charge in [0.15, 0.2) is 6.29 Å². The lowest BCUT2D eigenvalue weighted by atomic mass is 10.0. The Morgan fingerprint density at radius 1 is 0.929 bits per heavy atom. The van der Waals surface area contributed by atoms with Crippen molar-refractivity contribution >= 4 is 0 Å². The highest BCUT2D eigenvalue weighted by molar-refractivity contribution is 5.33. The van der Waals surface area contributed by atoms with Crippen LogP contribution in [-0.2, 0) is 28.4 Å². The first-order valence-electron chi connectivity index (χ1n) is 8.44. The summed E-state index contributed by atoms with van der Waals surface area (Å²) in [7, 11) is 0. The maximum absolute atomic E-state index is 13.0. The highest BCUT2D eigenvalue weighted by atomic mass is 19.4. The molecule has 2 aromatic carbocycles. The molecule has 1 saturated heterocycles. The van der Waals surface area contributed by atoms with Crippen LogP contribution < -0.4 is 5.32 Å². The van der Waals surface area contributed by atoms with Gasteiger partial charge in [-0.3, -0.25) is 0 Å². The number of nitrogens with one attached hydrogen (secondary N) is 1. The zero-order valence-electron chi connectivity index (χ0n) is 14.5. The molecule has 2 aromatic rings. The minimum atomic E-state index is -4.90. The minimum Gasteiger partial charge on any atom is -0.349 e. The first-order valence-corrected chi connectivity index (χ1v) is 8.44. The fourth-order valence-electron chi connectivity index (χ4n) is 2.94. The number of rotatable bonds is 4. The number of halogens is 6. The summed E-state index contributed by atoms with van der Waals surface area (Å²) in [6.45, 7) is 0.397. The van der Waals surface area contributed by atoms with E-state index in [0.29, 0.717) is 25.3 Å². The summed E-state index contributed by atoms with van der Waals surface area (Å²) in [6.07, 6.45) is -10.6. The lowest BCUT2D eigenvalue weighted by Gasteiger charge is -2.33. The third kappa shape index (κ3) is 5.03. The van der Waals surface area contributed by atoms with E-state index in [2.05, 4.69) is 5.32 Å². The van der Waals surface area contributed by atoms with Crippen LogP contribution in [0.25, 0.3) is 0 Å². The molecule has 1 aliphatic rings. The molecule has 0 unspecified atom stereocenters. The van der Waals surface area contributed by atoms with Gasteiger partial charge in [0, 0.05) is 6.54 Å². The summed E-state index contributed by atoms with van der Waals surface area (Å²) in [5, 5.41) is 3.18. The highest BCUT2D eigenvalue weighted by Gasteiger charge is 2.37. The molecule has 3 rings (SSSR count). The first-order chi connectivity index (χ1) is 13.1. The van der Waals surface area contributed by atoms with Crippen LogP contribution >= 0.6 is 0 Å². The molecule has 0 spiro atoms. The molecule has 1 fully saturated rings. The van der Waals surface area contributed by atoms with Crippen LogP contribution in [0.4, 0.5) is 26.3 Å². The SMILES string of the molecule is FC(F)(F)c1cc(CO[C@@H]2OCCN[C@@H]2c2ccccc2)cc(C(F)(F)F)c1. The number of ether oxygens (including phenoxy) is 2. The fraction of sp³-hybridized carbons (Fsp3) is 0.368. The number of morpholine rings is 1. The molecule has 0 bridgehead atoms. The fourth-order valence-corrected chi connectivity index (χ4v) is 2.94. The van der Waals surface area contributed by atoms with Gasteiger partial charge in [-0.15, -0.1) is 0 Å². The molecule has 152 valence electrons. The van der Waals surface area contributed by atoms with Gasteiger partial charge in [-0.05, 0) is 29.3 Å². The van der Waals surface area contributed by atoms with Crippen molar-refractivity contribution < 1.29 is 35.8 Å². The minimum absolute atomic E-state index is 0.0922. The van der Waals surface area contributed by atoms with Crippen LogP contribution in [0.5, 0.6) is 0 Å². The van der Waals surface area contributed by atoms with E-state index in [1.54, 1.807) is 0 Å². The van der Waals surface area contributed by atoms with Gasteiger partial charge in [-0.1, -0.05) is 30.3 Å². The molecule has 1 heterocycles. The zero-order chi connectivity index (χ0) is 20.4. The second-order valence-corrected chi connectivity index (χ2v) is 6.31. The molecule has 0 saturated carbocycles. The van der Waals surface area contributed by atoms with Gasteiger partial charge in [0.2, 0.25) is 0 Å². The van der Waals surface area contributed by atoms with Gasteiger partial charge in [0.1, 0.15) is 0 Å². The van der Waals surface area contributed by atoms with E-state index in [-0.39, 0.29) is 17.7 Å². The van der Waals surface area contributed by atoms with Crippen LogP contribution in [0.2, 0.25) is 0 Å². The quantitative estimate of drug-likeness (QED) is 0.732. The molecule has 9 heteroatoms. The second kappa shape index (κ2) is 8.10. The second-order valence-electron chi connectivity index (χ2n) is 6.31. The van der Waals surface area contributed by atoms with Gasteiger partial charge in [0.05, 0.1) is 30.4 Å². The Kier molecular flexibility index (Phi) is 5.97. The molecular weight excluding hydrogens is 388 g/mol. The largest absolute Gasteiger partial charge is 0.416 e. The van der Waals surface area contributed by atoms with Crippen molar-refractivity contribution in [3.63, 3.8) is 0 Å². The Morgan fingerprint density at radius 2 is 1.54 bits per heavy atom. The van der Waals surface area contributed by atoms with Crippen molar-refractivity contribution in [3.8, 4) is 0 Å². The van der Waals surface area contributed by atoms with Crippen molar-refractivity contribution in [2.75, 3.05) is 13.2 Å². The Hall–Kier alpha value is -2.10. The lowest BCUT2D eigenvalue weighted by Crippen LogP contribution is -2.43. The predicted octanol–water partition coefficient (Wildman–Crippen LogP) is 4.93. The number of hydrogen-bond donors (Lipinski definition) is 1. The van der Waals surface area contributed by atoms with E-state index in [9.17, 15) is 26.3 Å². The molecular formula is C19H17F6NO2. The van der Waals surface area contributed by atoms with E-state index in [1.807, 2.05) is 30.3 Å². The third-order valence-corrected chi connectivity index (χ3v) is 4.24. The molecule has 0 aromatic heterocycles. The Labute approximate surface area is 157 Å². The standard InChI is InChI=1S/C19H17F6NO2/c20-18(21,22)14-8-12(9-15(10-14)19(23,24)25)11-28-17-16(26-6-7-27-17)13-4-2-1-3-5-13/h1-5,8-10,16-17,26H,6-7,11H2/t16-,17+/m1/s1. The van der Waals surface area contributed by atoms with Crippen LogP contribution in [-0.4, -0.2) is 19.4 Å². The van der Waals surface area contributed by atoms with Gasteiger partial charge >= 0.3 is 12.4 Å². The molecule has 1 N–H and O–H groups in total. The predicted molar refractivity (Wildman–Crippen MR) is 88.2 cm³/mol. The van der Waals surface area contributed by atoms with Crippen LogP contribution in [0, 0.1) is 0 Å². The summed E-state index contributed by atoms with van der Waals surface area (Å²) >= 11 is 0. The van der Waals surface area contributed by atoms with Crippen molar-refractivity contribution in [2.45, 2.75) is 31.3 Å². The van der Waals surface area contributed by atoms with Crippen molar-refractivity contribution in [3.05, 3.63) is 70.8 Å². The average molecular weight is 405 g/mol. The van der Waals surface area contributed by atoms with Gasteiger partial charge in [-0.2, -0.15) is 26.3 Å². The summed E-state index contributed by atoms with van der Waals surface area (Å²) in [6, 6.07) is 10.1. The Balaban J connectivity index is 1.81. The number of hydrogen-bond acceptors (Lipinski definition) is 3. The summed E-state index contributed by atoms with van der Waals surface area (Å²) in [5.74, 6) is 0. The topological polar surface area (TPSA) is 30.5 Å². The van der Waals surface area contributed by atoms with Crippen molar-refractivity contribution in [1.29, 1.82) is 0 Å². The number of benzene rings is 2. The summed E-state index contributed by atoms with van der Waals surface area (Å²) in [4.78, 5) is 0. The van der Waals surface area contributed by atoms with Gasteiger partial charge in [0.25, 0.3) is 0 Å². The molecule has 0 amide bonds. The molecule has 28 heavy (non-hydrogen) atoms. The molecule has 2 atom stereocenters. The number of alkyl halides is 6. The summed E-state index contributed by atoms with van der Waals surface area (Å²) < 4.78 is 88.9. The van der Waals surface area contributed by atoms with E-state index >= 15 is 0 Å². The molecule has 0 radical (unpaired) electrons. The van der Waals surface area contributed by atoms with E-state index in [4.69, 9.17) is 9.47 Å². The van der Waals surface area contributed by atoms with Crippen LogP contribution in [0.1, 0.15) is 28.3 Å². The van der Waals surface area contributed by atoms with Gasteiger partial charge < -0.3 is 14.8 Å². The van der Waals surface area contributed by atoms with E-state index in [0.717, 1.165) is 5.56 Å². The van der Waals surface area contributed by atoms with Gasteiger partial charge in [-0.25, -0.2) is 0 Å². The van der Waals surface area contributed by atoms with E-state index in [1.165, 1.54) is 0 Å². The molecule has 3 nitrogen and oxygen atoms in total. The van der Waals surface area contributed by atoms with Crippen LogP contribution in [0.3, 0.4) is 0 Å². The first kappa shape index (κ1) is 20.6. The lowest BCUT2D eigenvalue weighted by molar-refractivity contribution is -0.184. The smallest absolute Gasteiger partial charge is 0.349 e.